The molecule has 32 heavy (non-hydrogen) atoms. The average molecular weight is 428 g/mol. The van der Waals surface area contributed by atoms with Crippen LogP contribution in [0.25, 0.3) is 11.2 Å². The first-order chi connectivity index (χ1) is 15.5. The van der Waals surface area contributed by atoms with Gasteiger partial charge in [0, 0.05) is 14.1 Å². The number of hydrogen-bond acceptors (Lipinski definition) is 5. The monoisotopic (exact) mass is 428 g/mol. The zero-order valence-electron chi connectivity index (χ0n) is 18.3. The first-order valence-electron chi connectivity index (χ1n) is 10.6. The third kappa shape index (κ3) is 2.98. The molecule has 162 valence electrons. The fraction of sp³-hybridized carbons (Fsp3) is 0.250. The van der Waals surface area contributed by atoms with Gasteiger partial charge in [-0.1, -0.05) is 67.6 Å². The third-order valence-electron chi connectivity index (χ3n) is 5.99. The van der Waals surface area contributed by atoms with Gasteiger partial charge in [-0.15, -0.1) is 0 Å². The van der Waals surface area contributed by atoms with Gasteiger partial charge >= 0.3 is 5.69 Å². The molecule has 0 bridgehead atoms. The Labute approximate surface area is 184 Å². The minimum atomic E-state index is -0.398. The average Bonchev–Trinajstić information content (AvgIpc) is 3.23. The van der Waals surface area contributed by atoms with Crippen LogP contribution in [-0.4, -0.2) is 24.4 Å². The SMILES string of the molecule is CCC1C(c2ccccc2)=NN(Cc2ccccc2)c2nc3c(c(=O)n(C)c(=O)n3C)n21. The van der Waals surface area contributed by atoms with Gasteiger partial charge in [-0.2, -0.15) is 10.1 Å². The van der Waals surface area contributed by atoms with Gasteiger partial charge in [0.15, 0.2) is 11.2 Å². The number of hydrazone groups is 1. The molecule has 0 saturated carbocycles. The zero-order chi connectivity index (χ0) is 22.4. The Balaban J connectivity index is 1.81. The Bertz CT molecular complexity index is 1450. The van der Waals surface area contributed by atoms with Gasteiger partial charge in [0.05, 0.1) is 18.3 Å². The predicted molar refractivity (Wildman–Crippen MR) is 125 cm³/mol. The molecule has 0 amide bonds. The smallest absolute Gasteiger partial charge is 0.293 e. The number of benzene rings is 2. The number of imidazole rings is 1. The van der Waals surface area contributed by atoms with Crippen LogP contribution >= 0.6 is 0 Å². The number of nitrogens with zero attached hydrogens (tertiary/aromatic N) is 6. The van der Waals surface area contributed by atoms with Crippen LogP contribution in [0.1, 0.15) is 30.5 Å². The second-order valence-corrected chi connectivity index (χ2v) is 7.98. The van der Waals surface area contributed by atoms with E-state index in [1.807, 2.05) is 70.2 Å². The topological polar surface area (TPSA) is 77.4 Å². The number of aromatic nitrogens is 4. The fourth-order valence-corrected chi connectivity index (χ4v) is 4.34. The number of anilines is 1. The molecule has 2 aromatic heterocycles. The summed E-state index contributed by atoms with van der Waals surface area (Å²) >= 11 is 0. The molecule has 8 nitrogen and oxygen atoms in total. The lowest BCUT2D eigenvalue weighted by Crippen LogP contribution is -2.39. The Kier molecular flexibility index (Phi) is 4.77. The van der Waals surface area contributed by atoms with Gasteiger partial charge in [0.2, 0.25) is 5.95 Å². The van der Waals surface area contributed by atoms with Crippen molar-refractivity contribution in [2.45, 2.75) is 25.9 Å². The summed E-state index contributed by atoms with van der Waals surface area (Å²) in [6.45, 7) is 2.56. The summed E-state index contributed by atoms with van der Waals surface area (Å²) in [4.78, 5) is 30.5. The Morgan fingerprint density at radius 3 is 2.22 bits per heavy atom. The van der Waals surface area contributed by atoms with E-state index in [2.05, 4.69) is 6.92 Å². The molecule has 3 heterocycles. The van der Waals surface area contributed by atoms with Crippen LogP contribution in [0, 0.1) is 0 Å². The van der Waals surface area contributed by atoms with Crippen molar-refractivity contribution in [1.29, 1.82) is 0 Å². The van der Waals surface area contributed by atoms with Crippen molar-refractivity contribution in [2.24, 2.45) is 19.2 Å². The van der Waals surface area contributed by atoms with E-state index in [0.29, 0.717) is 23.7 Å². The normalized spacial score (nSPS) is 15.7. The largest absolute Gasteiger partial charge is 0.332 e. The molecule has 4 aromatic rings. The molecule has 0 saturated heterocycles. The van der Waals surface area contributed by atoms with Gasteiger partial charge < -0.3 is 0 Å². The van der Waals surface area contributed by atoms with E-state index in [4.69, 9.17) is 10.1 Å². The first kappa shape index (κ1) is 20.0. The van der Waals surface area contributed by atoms with Gasteiger partial charge in [-0.05, 0) is 17.5 Å². The molecule has 0 spiro atoms. The molecule has 2 aromatic carbocycles. The van der Waals surface area contributed by atoms with E-state index in [1.54, 1.807) is 7.05 Å². The highest BCUT2D eigenvalue weighted by Crippen LogP contribution is 2.34. The molecule has 0 aliphatic carbocycles. The number of fused-ring (bicyclic) bond motifs is 3. The molecule has 0 radical (unpaired) electrons. The van der Waals surface area contributed by atoms with Crippen LogP contribution in [0.3, 0.4) is 0 Å². The summed E-state index contributed by atoms with van der Waals surface area (Å²) < 4.78 is 4.52. The Morgan fingerprint density at radius 1 is 0.906 bits per heavy atom. The van der Waals surface area contributed by atoms with Crippen molar-refractivity contribution >= 4 is 22.8 Å². The lowest BCUT2D eigenvalue weighted by molar-refractivity contribution is 0.585. The molecule has 0 N–H and O–H groups in total. The molecule has 0 fully saturated rings. The molecule has 1 aliphatic heterocycles. The highest BCUT2D eigenvalue weighted by Gasteiger charge is 2.33. The van der Waals surface area contributed by atoms with Gasteiger partial charge in [-0.25, -0.2) is 9.80 Å². The molecule has 1 atom stereocenters. The lowest BCUT2D eigenvalue weighted by Gasteiger charge is -2.32. The minimum absolute atomic E-state index is 0.186. The Hall–Kier alpha value is -3.94. The minimum Gasteiger partial charge on any atom is -0.293 e. The van der Waals surface area contributed by atoms with Gasteiger partial charge in [0.1, 0.15) is 0 Å². The van der Waals surface area contributed by atoms with Crippen molar-refractivity contribution in [1.82, 2.24) is 18.7 Å². The van der Waals surface area contributed by atoms with Crippen molar-refractivity contribution < 1.29 is 0 Å². The summed E-state index contributed by atoms with van der Waals surface area (Å²) in [5.74, 6) is 0.564. The Morgan fingerprint density at radius 2 is 1.56 bits per heavy atom. The van der Waals surface area contributed by atoms with E-state index in [0.717, 1.165) is 27.8 Å². The summed E-state index contributed by atoms with van der Waals surface area (Å²) in [6.07, 6.45) is 0.720. The zero-order valence-corrected chi connectivity index (χ0v) is 18.3. The lowest BCUT2D eigenvalue weighted by atomic mass is 10.00. The van der Waals surface area contributed by atoms with Crippen molar-refractivity contribution in [3.8, 4) is 0 Å². The second-order valence-electron chi connectivity index (χ2n) is 7.98. The maximum absolute atomic E-state index is 13.2. The number of aryl methyl sites for hydroxylation is 1. The fourth-order valence-electron chi connectivity index (χ4n) is 4.34. The molecule has 1 unspecified atom stereocenters. The van der Waals surface area contributed by atoms with Crippen molar-refractivity contribution in [2.75, 3.05) is 5.01 Å². The van der Waals surface area contributed by atoms with E-state index in [1.165, 1.54) is 11.6 Å². The first-order valence-corrected chi connectivity index (χ1v) is 10.6. The maximum atomic E-state index is 13.2. The summed E-state index contributed by atoms with van der Waals surface area (Å²) in [5, 5.41) is 6.84. The van der Waals surface area contributed by atoms with Gasteiger partial charge in [0.25, 0.3) is 5.56 Å². The van der Waals surface area contributed by atoms with Crippen molar-refractivity contribution in [3.63, 3.8) is 0 Å². The molecular weight excluding hydrogens is 404 g/mol. The van der Waals surface area contributed by atoms with Crippen LogP contribution < -0.4 is 16.3 Å². The quantitative estimate of drug-likeness (QED) is 0.501. The van der Waals surface area contributed by atoms with Crippen LogP contribution in [0.4, 0.5) is 5.95 Å². The second kappa shape index (κ2) is 7.64. The van der Waals surface area contributed by atoms with Crippen LogP contribution in [-0.2, 0) is 20.6 Å². The highest BCUT2D eigenvalue weighted by molar-refractivity contribution is 6.05. The summed E-state index contributed by atoms with van der Waals surface area (Å²) in [6, 6.07) is 19.8. The maximum Gasteiger partial charge on any atom is 0.332 e. The number of hydrogen-bond donors (Lipinski definition) is 0. The predicted octanol–water partition coefficient (Wildman–Crippen LogP) is 2.81. The van der Waals surface area contributed by atoms with E-state index < -0.39 is 5.69 Å². The third-order valence-corrected chi connectivity index (χ3v) is 5.99. The molecule has 8 heteroatoms. The van der Waals surface area contributed by atoms with E-state index >= 15 is 0 Å². The summed E-state index contributed by atoms with van der Waals surface area (Å²) in [5.41, 5.74) is 2.96. The molecule has 1 aliphatic rings. The van der Waals surface area contributed by atoms with Crippen LogP contribution in [0.5, 0.6) is 0 Å². The number of rotatable bonds is 4. The highest BCUT2D eigenvalue weighted by atomic mass is 16.2. The van der Waals surface area contributed by atoms with E-state index in [9.17, 15) is 9.59 Å². The van der Waals surface area contributed by atoms with Gasteiger partial charge in [-0.3, -0.25) is 18.5 Å². The standard InChI is InChI=1S/C24H24N6O2/c1-4-18-19(17-13-9-6-10-14-17)26-29(15-16-11-7-5-8-12-16)23-25-21-20(30(18)23)22(31)28(3)24(32)27(21)2/h5-14,18H,4,15H2,1-3H3. The molecule has 5 rings (SSSR count). The van der Waals surface area contributed by atoms with E-state index in [-0.39, 0.29) is 11.6 Å². The molecular formula is C24H24N6O2. The van der Waals surface area contributed by atoms with Crippen molar-refractivity contribution in [3.05, 3.63) is 92.6 Å². The summed E-state index contributed by atoms with van der Waals surface area (Å²) in [7, 11) is 3.15. The van der Waals surface area contributed by atoms with Crippen LogP contribution in [0.2, 0.25) is 0 Å². The van der Waals surface area contributed by atoms with Crippen LogP contribution in [0.15, 0.2) is 75.4 Å².